The van der Waals surface area contributed by atoms with Gasteiger partial charge in [-0.3, -0.25) is 4.90 Å². The topological polar surface area (TPSA) is 52.1 Å². The summed E-state index contributed by atoms with van der Waals surface area (Å²) < 4.78 is 13.7. The molecular weight excluding hydrogens is 377 g/mol. The van der Waals surface area contributed by atoms with Gasteiger partial charge in [-0.1, -0.05) is 36.4 Å². The van der Waals surface area contributed by atoms with Crippen molar-refractivity contribution in [3.63, 3.8) is 0 Å². The number of aromatic amines is 1. The molecule has 0 aliphatic carbocycles. The van der Waals surface area contributed by atoms with Gasteiger partial charge in [-0.25, -0.2) is 9.37 Å². The predicted molar refractivity (Wildman–Crippen MR) is 117 cm³/mol. The molecule has 0 saturated carbocycles. The number of aliphatic hydroxyl groups is 1. The lowest BCUT2D eigenvalue weighted by atomic mass is 10.0. The quantitative estimate of drug-likeness (QED) is 0.506. The Morgan fingerprint density at radius 1 is 1.07 bits per heavy atom. The first-order valence-corrected chi connectivity index (χ1v) is 10.4. The molecule has 1 fully saturated rings. The summed E-state index contributed by atoms with van der Waals surface area (Å²) in [4.78, 5) is 10.1. The molecule has 0 radical (unpaired) electrons. The minimum Gasteiger partial charge on any atom is -0.392 e. The van der Waals surface area contributed by atoms with E-state index in [1.807, 2.05) is 18.5 Å². The Hall–Kier alpha value is -3.02. The van der Waals surface area contributed by atoms with Crippen LogP contribution in [0.15, 0.2) is 67.0 Å². The Bertz CT molecular complexity index is 1170. The number of fused-ring (bicyclic) bond motifs is 1. The van der Waals surface area contributed by atoms with Crippen molar-refractivity contribution in [3.8, 4) is 22.3 Å². The lowest BCUT2D eigenvalue weighted by Crippen LogP contribution is -2.37. The lowest BCUT2D eigenvalue weighted by molar-refractivity contribution is 0.0668. The highest BCUT2D eigenvalue weighted by Gasteiger charge is 2.17. The van der Waals surface area contributed by atoms with Gasteiger partial charge < -0.3 is 10.1 Å². The van der Waals surface area contributed by atoms with Crippen LogP contribution in [0.5, 0.6) is 0 Å². The van der Waals surface area contributed by atoms with E-state index < -0.39 is 0 Å². The smallest absolute Gasteiger partial charge is 0.137 e. The second kappa shape index (κ2) is 8.01. The van der Waals surface area contributed by atoms with Crippen LogP contribution in [-0.2, 0) is 6.54 Å². The van der Waals surface area contributed by atoms with Gasteiger partial charge in [0.05, 0.1) is 6.10 Å². The van der Waals surface area contributed by atoms with E-state index in [0.29, 0.717) is 0 Å². The summed E-state index contributed by atoms with van der Waals surface area (Å²) in [5, 5.41) is 10.8. The Morgan fingerprint density at radius 3 is 2.73 bits per heavy atom. The predicted octanol–water partition coefficient (Wildman–Crippen LogP) is 4.99. The fourth-order valence-corrected chi connectivity index (χ4v) is 4.29. The van der Waals surface area contributed by atoms with Gasteiger partial charge in [0.25, 0.3) is 0 Å². The Balaban J connectivity index is 1.41. The van der Waals surface area contributed by atoms with Crippen LogP contribution in [0, 0.1) is 5.82 Å². The number of pyridine rings is 1. The van der Waals surface area contributed by atoms with Crippen molar-refractivity contribution in [1.82, 2.24) is 14.9 Å². The van der Waals surface area contributed by atoms with Gasteiger partial charge in [0.1, 0.15) is 11.5 Å². The van der Waals surface area contributed by atoms with E-state index in [9.17, 15) is 9.50 Å². The molecule has 2 aromatic heterocycles. The number of rotatable bonds is 4. The van der Waals surface area contributed by atoms with Gasteiger partial charge in [-0.15, -0.1) is 0 Å². The van der Waals surface area contributed by atoms with Gasteiger partial charge in [-0.05, 0) is 54.3 Å². The summed E-state index contributed by atoms with van der Waals surface area (Å²) >= 11 is 0. The molecule has 4 nitrogen and oxygen atoms in total. The molecule has 1 atom stereocenters. The summed E-state index contributed by atoms with van der Waals surface area (Å²) in [5.41, 5.74) is 5.93. The molecule has 30 heavy (non-hydrogen) atoms. The molecule has 1 aliphatic rings. The number of aliphatic hydroxyl groups excluding tert-OH is 1. The number of hydrogen-bond donors (Lipinski definition) is 2. The molecule has 152 valence electrons. The van der Waals surface area contributed by atoms with Gasteiger partial charge in [0.15, 0.2) is 0 Å². The molecule has 0 amide bonds. The fraction of sp³-hybridized carbons (Fsp3) is 0.240. The summed E-state index contributed by atoms with van der Waals surface area (Å²) in [6.07, 6.45) is 5.50. The van der Waals surface area contributed by atoms with E-state index in [-0.39, 0.29) is 11.9 Å². The second-order valence-electron chi connectivity index (χ2n) is 8.06. The zero-order valence-electron chi connectivity index (χ0n) is 16.7. The van der Waals surface area contributed by atoms with E-state index in [1.165, 1.54) is 11.6 Å². The summed E-state index contributed by atoms with van der Waals surface area (Å²) in [5.74, 6) is -0.247. The van der Waals surface area contributed by atoms with E-state index in [0.717, 1.165) is 65.8 Å². The average Bonchev–Trinajstić information content (AvgIpc) is 3.18. The Labute approximate surface area is 175 Å². The van der Waals surface area contributed by atoms with Crippen molar-refractivity contribution < 1.29 is 9.50 Å². The van der Waals surface area contributed by atoms with Gasteiger partial charge in [-0.2, -0.15) is 0 Å². The summed E-state index contributed by atoms with van der Waals surface area (Å²) in [7, 11) is 0. The summed E-state index contributed by atoms with van der Waals surface area (Å²) in [6.45, 7) is 2.64. The van der Waals surface area contributed by atoms with Crippen LogP contribution in [-0.4, -0.2) is 39.2 Å². The number of β-amino-alcohol motifs (C(OH)–C–C–N with tert-alkyl or cyclic N) is 1. The molecule has 5 heteroatoms. The van der Waals surface area contributed by atoms with Crippen molar-refractivity contribution in [1.29, 1.82) is 0 Å². The maximum Gasteiger partial charge on any atom is 0.137 e. The fourth-order valence-electron chi connectivity index (χ4n) is 4.29. The van der Waals surface area contributed by atoms with Crippen LogP contribution in [0.4, 0.5) is 4.39 Å². The maximum atomic E-state index is 13.7. The van der Waals surface area contributed by atoms with Crippen molar-refractivity contribution >= 4 is 11.0 Å². The molecular formula is C25H24FN3O. The number of likely N-dealkylation sites (tertiary alicyclic amines) is 1. The van der Waals surface area contributed by atoms with Crippen LogP contribution in [0.25, 0.3) is 33.3 Å². The van der Waals surface area contributed by atoms with Crippen molar-refractivity contribution in [3.05, 3.63) is 78.4 Å². The third-order valence-electron chi connectivity index (χ3n) is 5.84. The molecule has 5 rings (SSSR count). The Kier molecular flexibility index (Phi) is 5.07. The molecule has 2 aromatic carbocycles. The van der Waals surface area contributed by atoms with Crippen molar-refractivity contribution in [2.45, 2.75) is 25.5 Å². The number of H-pyrrole nitrogens is 1. The maximum absolute atomic E-state index is 13.7. The third-order valence-corrected chi connectivity index (χ3v) is 5.84. The highest BCUT2D eigenvalue weighted by Crippen LogP contribution is 2.31. The van der Waals surface area contributed by atoms with Crippen LogP contribution in [0.3, 0.4) is 0 Å². The molecule has 0 bridgehead atoms. The lowest BCUT2D eigenvalue weighted by Gasteiger charge is -2.29. The third kappa shape index (κ3) is 3.86. The van der Waals surface area contributed by atoms with E-state index in [4.69, 9.17) is 0 Å². The first-order valence-electron chi connectivity index (χ1n) is 10.4. The van der Waals surface area contributed by atoms with Gasteiger partial charge >= 0.3 is 0 Å². The highest BCUT2D eigenvalue weighted by molar-refractivity contribution is 5.95. The molecule has 1 saturated heterocycles. The number of halogens is 1. The van der Waals surface area contributed by atoms with E-state index >= 15 is 0 Å². The van der Waals surface area contributed by atoms with Crippen LogP contribution in [0.2, 0.25) is 0 Å². The van der Waals surface area contributed by atoms with Crippen molar-refractivity contribution in [2.75, 3.05) is 13.1 Å². The molecule has 4 aromatic rings. The molecule has 1 aliphatic heterocycles. The van der Waals surface area contributed by atoms with Crippen LogP contribution < -0.4 is 0 Å². The SMILES string of the molecule is OC1CCCN(Cc2ccc(-c3cnc4[nH]cc(-c5cccc(F)c5)c4c3)cc2)C1. The van der Waals surface area contributed by atoms with E-state index in [2.05, 4.69) is 45.2 Å². The molecule has 1 unspecified atom stereocenters. The average molecular weight is 401 g/mol. The zero-order chi connectivity index (χ0) is 20.5. The highest BCUT2D eigenvalue weighted by atomic mass is 19.1. The molecule has 0 spiro atoms. The van der Waals surface area contributed by atoms with E-state index in [1.54, 1.807) is 12.1 Å². The number of aromatic nitrogens is 2. The molecule has 3 heterocycles. The number of hydrogen-bond acceptors (Lipinski definition) is 3. The largest absolute Gasteiger partial charge is 0.392 e. The first kappa shape index (κ1) is 19.0. The normalized spacial score (nSPS) is 17.5. The summed E-state index contributed by atoms with van der Waals surface area (Å²) in [6, 6.07) is 17.3. The van der Waals surface area contributed by atoms with Crippen LogP contribution in [0.1, 0.15) is 18.4 Å². The number of piperidine rings is 1. The zero-order valence-corrected chi connectivity index (χ0v) is 16.7. The monoisotopic (exact) mass is 401 g/mol. The van der Waals surface area contributed by atoms with Crippen molar-refractivity contribution in [2.24, 2.45) is 0 Å². The minimum atomic E-state index is -0.247. The number of nitrogens with zero attached hydrogens (tertiary/aromatic N) is 2. The number of benzene rings is 2. The molecule has 2 N–H and O–H groups in total. The minimum absolute atomic E-state index is 0.204. The van der Waals surface area contributed by atoms with Gasteiger partial charge in [0, 0.05) is 42.0 Å². The second-order valence-corrected chi connectivity index (χ2v) is 8.06. The standard InChI is InChI=1S/C25H24FN3O/c26-21-4-1-3-19(11-21)24-14-28-25-23(24)12-20(13-27-25)18-8-6-17(7-9-18)15-29-10-2-5-22(30)16-29/h1,3-4,6-9,11-14,22,30H,2,5,10,15-16H2,(H,27,28). The Morgan fingerprint density at radius 2 is 1.93 bits per heavy atom. The van der Waals surface area contributed by atoms with Gasteiger partial charge in [0.2, 0.25) is 0 Å². The number of nitrogens with one attached hydrogen (secondary N) is 1. The van der Waals surface area contributed by atoms with Crippen LogP contribution >= 0.6 is 0 Å². The first-order chi connectivity index (χ1) is 14.7.